The van der Waals surface area contributed by atoms with Gasteiger partial charge in [-0.1, -0.05) is 35.7 Å². The van der Waals surface area contributed by atoms with Crippen LogP contribution in [0.4, 0.5) is 11.4 Å². The monoisotopic (exact) mass is 565 g/mol. The highest BCUT2D eigenvalue weighted by atomic mass is 32.2. The number of carbonyl (C=O) groups is 1. The Morgan fingerprint density at radius 3 is 2.97 bits per heavy atom. The number of aromatic nitrogens is 2. The van der Waals surface area contributed by atoms with Crippen molar-refractivity contribution in [3.63, 3.8) is 0 Å². The summed E-state index contributed by atoms with van der Waals surface area (Å²) in [5, 5.41) is 15.3. The number of ether oxygens (including phenoxy) is 1. The predicted octanol–water partition coefficient (Wildman–Crippen LogP) is 5.89. The third kappa shape index (κ3) is 6.95. The van der Waals surface area contributed by atoms with Crippen LogP contribution in [0, 0.1) is 10.1 Å². The van der Waals surface area contributed by atoms with Crippen LogP contribution in [0.1, 0.15) is 18.4 Å². The molecule has 9 nitrogen and oxygen atoms in total. The van der Waals surface area contributed by atoms with Crippen LogP contribution in [-0.2, 0) is 9.53 Å². The van der Waals surface area contributed by atoms with Gasteiger partial charge in [-0.15, -0.1) is 11.3 Å². The molecule has 1 fully saturated rings. The van der Waals surface area contributed by atoms with E-state index in [1.807, 2.05) is 30.3 Å². The number of nitro benzene ring substituents is 1. The number of hydrogen-bond acceptors (Lipinski definition) is 10. The van der Waals surface area contributed by atoms with Crippen molar-refractivity contribution in [3.8, 4) is 0 Å². The van der Waals surface area contributed by atoms with Crippen molar-refractivity contribution in [1.82, 2.24) is 15.3 Å². The Kier molecular flexibility index (Phi) is 8.64. The van der Waals surface area contributed by atoms with E-state index in [2.05, 4.69) is 20.3 Å². The fourth-order valence-electron chi connectivity index (χ4n) is 3.76. The number of thiazole rings is 1. The van der Waals surface area contributed by atoms with Crippen molar-refractivity contribution in [1.29, 1.82) is 0 Å². The van der Waals surface area contributed by atoms with Gasteiger partial charge in [0.25, 0.3) is 5.69 Å². The van der Waals surface area contributed by atoms with Gasteiger partial charge in [0, 0.05) is 31.6 Å². The zero-order valence-corrected chi connectivity index (χ0v) is 22.6. The first-order valence-corrected chi connectivity index (χ1v) is 14.5. The highest BCUT2D eigenvalue weighted by Crippen LogP contribution is 2.35. The fourth-order valence-corrected chi connectivity index (χ4v) is 6.55. The topological polar surface area (TPSA) is 120 Å². The third-order valence-electron chi connectivity index (χ3n) is 5.62. The number of fused-ring (bicyclic) bond motifs is 1. The molecule has 194 valence electrons. The zero-order valence-electron chi connectivity index (χ0n) is 20.1. The number of amides is 1. The van der Waals surface area contributed by atoms with Crippen LogP contribution in [0.5, 0.6) is 0 Å². The summed E-state index contributed by atoms with van der Waals surface area (Å²) >= 11 is 4.16. The SMILES string of the molecule is O=C(CSc1nc2ccc(N=Cc3ccc(Sc4ccccn4)c([N+](=O)[O-])c3)cc2s1)NC[C@H]1CCCO1. The molecule has 2 aromatic heterocycles. The molecular weight excluding hydrogens is 543 g/mol. The average molecular weight is 566 g/mol. The van der Waals surface area contributed by atoms with E-state index in [9.17, 15) is 14.9 Å². The van der Waals surface area contributed by atoms with Crippen LogP contribution in [0.2, 0.25) is 0 Å². The lowest BCUT2D eigenvalue weighted by Crippen LogP contribution is -2.32. The number of hydrogen-bond donors (Lipinski definition) is 1. The van der Waals surface area contributed by atoms with Crippen molar-refractivity contribution in [2.45, 2.75) is 33.2 Å². The van der Waals surface area contributed by atoms with E-state index in [-0.39, 0.29) is 17.7 Å². The molecule has 4 aromatic rings. The lowest BCUT2D eigenvalue weighted by Gasteiger charge is -2.09. The molecule has 0 unspecified atom stereocenters. The molecule has 38 heavy (non-hydrogen) atoms. The molecule has 0 radical (unpaired) electrons. The lowest BCUT2D eigenvalue weighted by molar-refractivity contribution is -0.387. The van der Waals surface area contributed by atoms with Crippen molar-refractivity contribution >= 4 is 68.6 Å². The highest BCUT2D eigenvalue weighted by Gasteiger charge is 2.17. The number of nitrogens with one attached hydrogen (secondary N) is 1. The van der Waals surface area contributed by atoms with Gasteiger partial charge in [-0.25, -0.2) is 9.97 Å². The number of nitro groups is 1. The maximum absolute atomic E-state index is 12.2. The second-order valence-electron chi connectivity index (χ2n) is 8.37. The standard InChI is InChI=1S/C26H23N5O4S3/c32-24(29-15-19-4-3-11-35-19)16-36-26-30-20-8-7-18(13-23(20)38-26)28-14-17-6-9-22(21(12-17)31(33)34)37-25-5-1-2-10-27-25/h1-2,5-10,12-14,19H,3-4,11,15-16H2,(H,29,32)/t19-/m1/s1. The van der Waals surface area contributed by atoms with Crippen LogP contribution in [0.3, 0.4) is 0 Å². The smallest absolute Gasteiger partial charge is 0.283 e. The van der Waals surface area contributed by atoms with Gasteiger partial charge in [0.05, 0.1) is 37.6 Å². The summed E-state index contributed by atoms with van der Waals surface area (Å²) in [4.78, 5) is 37.3. The van der Waals surface area contributed by atoms with Gasteiger partial charge >= 0.3 is 0 Å². The summed E-state index contributed by atoms with van der Waals surface area (Å²) in [5.74, 6) is 0.263. The Morgan fingerprint density at radius 1 is 1.26 bits per heavy atom. The van der Waals surface area contributed by atoms with Crippen molar-refractivity contribution < 1.29 is 14.5 Å². The Balaban J connectivity index is 1.22. The Labute approximate surface area is 231 Å². The summed E-state index contributed by atoms with van der Waals surface area (Å²) in [7, 11) is 0. The van der Waals surface area contributed by atoms with Crippen LogP contribution >= 0.6 is 34.9 Å². The van der Waals surface area contributed by atoms with E-state index in [0.29, 0.717) is 33.5 Å². The molecule has 0 saturated carbocycles. The number of thioether (sulfide) groups is 1. The molecule has 1 amide bonds. The maximum atomic E-state index is 12.2. The number of carbonyl (C=O) groups excluding carboxylic acids is 1. The van der Waals surface area contributed by atoms with Crippen LogP contribution in [0.15, 0.2) is 80.0 Å². The van der Waals surface area contributed by atoms with Crippen molar-refractivity contribution in [2.24, 2.45) is 4.99 Å². The number of aliphatic imine (C=N–C) groups is 1. The Morgan fingerprint density at radius 2 is 2.18 bits per heavy atom. The molecule has 1 saturated heterocycles. The predicted molar refractivity (Wildman–Crippen MR) is 151 cm³/mol. The number of pyridine rings is 1. The summed E-state index contributed by atoms with van der Waals surface area (Å²) in [6.45, 7) is 1.32. The first kappa shape index (κ1) is 26.3. The molecule has 1 aliphatic heterocycles. The Bertz CT molecular complexity index is 1470. The minimum atomic E-state index is -0.395. The van der Waals surface area contributed by atoms with Gasteiger partial charge in [-0.05, 0) is 54.8 Å². The van der Waals surface area contributed by atoms with Gasteiger partial charge in [-0.3, -0.25) is 19.9 Å². The molecule has 0 aliphatic carbocycles. The summed E-state index contributed by atoms with van der Waals surface area (Å²) in [6.07, 6.45) is 5.42. The van der Waals surface area contributed by atoms with Crippen LogP contribution in [0.25, 0.3) is 10.2 Å². The molecule has 1 atom stereocenters. The molecule has 0 bridgehead atoms. The highest BCUT2D eigenvalue weighted by molar-refractivity contribution is 8.01. The normalized spacial score (nSPS) is 15.3. The fraction of sp³-hybridized carbons (Fsp3) is 0.231. The van der Waals surface area contributed by atoms with Crippen molar-refractivity contribution in [2.75, 3.05) is 18.9 Å². The van der Waals surface area contributed by atoms with Gasteiger partial charge in [0.15, 0.2) is 4.34 Å². The summed E-state index contributed by atoms with van der Waals surface area (Å²) in [6, 6.07) is 16.1. The second-order valence-corrected chi connectivity index (χ2v) is 11.7. The maximum Gasteiger partial charge on any atom is 0.283 e. The number of benzene rings is 2. The lowest BCUT2D eigenvalue weighted by atomic mass is 10.2. The van der Waals surface area contributed by atoms with E-state index in [0.717, 1.165) is 34.0 Å². The molecule has 1 aliphatic rings. The minimum Gasteiger partial charge on any atom is -0.376 e. The van der Waals surface area contributed by atoms with Crippen LogP contribution < -0.4 is 5.32 Å². The van der Waals surface area contributed by atoms with E-state index in [1.165, 1.54) is 40.9 Å². The van der Waals surface area contributed by atoms with E-state index in [1.54, 1.807) is 30.6 Å². The molecule has 2 aromatic carbocycles. The van der Waals surface area contributed by atoms with Crippen LogP contribution in [-0.4, -0.2) is 52.0 Å². The molecule has 12 heteroatoms. The minimum absolute atomic E-state index is 0.00369. The summed E-state index contributed by atoms with van der Waals surface area (Å²) in [5.41, 5.74) is 2.17. The zero-order chi connectivity index (χ0) is 26.3. The van der Waals surface area contributed by atoms with Crippen molar-refractivity contribution in [3.05, 3.63) is 76.5 Å². The average Bonchev–Trinajstić information content (AvgIpc) is 3.60. The number of rotatable bonds is 10. The Hall–Kier alpha value is -3.32. The molecule has 5 rings (SSSR count). The molecule has 3 heterocycles. The third-order valence-corrected chi connectivity index (χ3v) is 8.80. The summed E-state index contributed by atoms with van der Waals surface area (Å²) < 4.78 is 7.30. The molecule has 0 spiro atoms. The first-order valence-electron chi connectivity index (χ1n) is 11.9. The van der Waals surface area contributed by atoms with Gasteiger partial charge < -0.3 is 10.1 Å². The van der Waals surface area contributed by atoms with Gasteiger partial charge in [0.2, 0.25) is 5.91 Å². The number of nitrogens with zero attached hydrogens (tertiary/aromatic N) is 4. The van der Waals surface area contributed by atoms with E-state index < -0.39 is 4.92 Å². The van der Waals surface area contributed by atoms with Gasteiger partial charge in [-0.2, -0.15) is 0 Å². The first-order chi connectivity index (χ1) is 18.5. The quantitative estimate of drug-likeness (QED) is 0.109. The largest absolute Gasteiger partial charge is 0.376 e. The van der Waals surface area contributed by atoms with E-state index >= 15 is 0 Å². The van der Waals surface area contributed by atoms with Gasteiger partial charge in [0.1, 0.15) is 5.03 Å². The van der Waals surface area contributed by atoms with E-state index in [4.69, 9.17) is 4.74 Å². The second kappa shape index (κ2) is 12.5. The molecular formula is C26H23N5O4S3. The molecule has 1 N–H and O–H groups in total.